The van der Waals surface area contributed by atoms with Gasteiger partial charge >= 0.3 is 22.7 Å². The van der Waals surface area contributed by atoms with Crippen molar-refractivity contribution < 1.29 is 19.7 Å². The lowest BCUT2D eigenvalue weighted by atomic mass is 10.1. The molecule has 0 saturated heterocycles. The van der Waals surface area contributed by atoms with Gasteiger partial charge in [-0.15, -0.1) is 0 Å². The molecule has 0 unspecified atom stereocenters. The van der Waals surface area contributed by atoms with Crippen molar-refractivity contribution in [2.75, 3.05) is 19.0 Å². The average molecular weight is 301 g/mol. The minimum atomic E-state index is -1.40. The van der Waals surface area contributed by atoms with Crippen molar-refractivity contribution in [1.29, 1.82) is 0 Å². The minimum Gasteiger partial charge on any atom is -0.366 e. The van der Waals surface area contributed by atoms with Gasteiger partial charge in [-0.3, -0.25) is 40.5 Å². The topological polar surface area (TPSA) is 176 Å². The zero-order valence-electron chi connectivity index (χ0n) is 10.6. The first-order valence-corrected chi connectivity index (χ1v) is 5.05. The third kappa shape index (κ3) is 2.65. The molecule has 0 radical (unpaired) electrons. The van der Waals surface area contributed by atoms with Gasteiger partial charge in [0.05, 0.1) is 19.7 Å². The summed E-state index contributed by atoms with van der Waals surface area (Å²) in [5.41, 5.74) is -5.68. The molecular formula is C8H7N5O8. The van der Waals surface area contributed by atoms with Crippen LogP contribution in [0.2, 0.25) is 0 Å². The summed E-state index contributed by atoms with van der Waals surface area (Å²) in [6.45, 7) is 0. The Morgan fingerprint density at radius 3 is 1.48 bits per heavy atom. The summed E-state index contributed by atoms with van der Waals surface area (Å²) >= 11 is 0. The third-order valence-corrected chi connectivity index (χ3v) is 2.41. The number of hydrogen-bond donors (Lipinski definition) is 0. The first-order chi connectivity index (χ1) is 9.59. The van der Waals surface area contributed by atoms with Crippen LogP contribution in [0.5, 0.6) is 0 Å². The molecule has 0 saturated carbocycles. The monoisotopic (exact) mass is 301 g/mol. The lowest BCUT2D eigenvalue weighted by Crippen LogP contribution is -2.15. The third-order valence-electron chi connectivity index (χ3n) is 2.41. The van der Waals surface area contributed by atoms with Crippen molar-refractivity contribution in [1.82, 2.24) is 0 Å². The highest BCUT2D eigenvalue weighted by molar-refractivity contribution is 5.86. The summed E-state index contributed by atoms with van der Waals surface area (Å²) in [6.07, 6.45) is 0. The SMILES string of the molecule is CN(C)c1c([N+](=O)[O-])cc([N+](=O)[O-])c([N+](=O)[O-])c1[N+](=O)[O-]. The van der Waals surface area contributed by atoms with Crippen molar-refractivity contribution in [2.24, 2.45) is 0 Å². The van der Waals surface area contributed by atoms with Crippen LogP contribution in [0.3, 0.4) is 0 Å². The highest BCUT2D eigenvalue weighted by Crippen LogP contribution is 2.48. The summed E-state index contributed by atoms with van der Waals surface area (Å²) in [5.74, 6) is 0. The van der Waals surface area contributed by atoms with Crippen LogP contribution in [0.1, 0.15) is 0 Å². The van der Waals surface area contributed by atoms with E-state index < -0.39 is 48.1 Å². The summed E-state index contributed by atoms with van der Waals surface area (Å²) in [4.78, 5) is 39.6. The molecule has 13 heteroatoms. The van der Waals surface area contributed by atoms with Gasteiger partial charge < -0.3 is 4.90 Å². The Balaban J connectivity index is 4.08. The van der Waals surface area contributed by atoms with Crippen molar-refractivity contribution in [3.8, 4) is 0 Å². The lowest BCUT2D eigenvalue weighted by Gasteiger charge is -2.12. The second-order valence-electron chi connectivity index (χ2n) is 3.88. The van der Waals surface area contributed by atoms with Gasteiger partial charge in [0.1, 0.15) is 6.07 Å². The Morgan fingerprint density at radius 2 is 1.19 bits per heavy atom. The van der Waals surface area contributed by atoms with Gasteiger partial charge in [0.15, 0.2) is 0 Å². The Morgan fingerprint density at radius 1 is 0.762 bits per heavy atom. The van der Waals surface area contributed by atoms with E-state index in [1.165, 1.54) is 14.1 Å². The van der Waals surface area contributed by atoms with Crippen LogP contribution >= 0.6 is 0 Å². The van der Waals surface area contributed by atoms with Crippen LogP contribution in [0.25, 0.3) is 0 Å². The number of hydrogen-bond acceptors (Lipinski definition) is 9. The highest BCUT2D eigenvalue weighted by Gasteiger charge is 2.45. The standard InChI is InChI=1S/C8H7N5O8/c1-9(2)6-4(10(14)15)3-5(11(16)17)7(12(18)19)8(6)13(20)21/h3H,1-2H3. The van der Waals surface area contributed by atoms with Crippen LogP contribution in [0.15, 0.2) is 6.07 Å². The van der Waals surface area contributed by atoms with Gasteiger partial charge in [-0.05, 0) is 0 Å². The highest BCUT2D eigenvalue weighted by atomic mass is 16.7. The quantitative estimate of drug-likeness (QED) is 0.574. The molecule has 1 aromatic carbocycles. The molecule has 0 fully saturated rings. The van der Waals surface area contributed by atoms with Crippen LogP contribution < -0.4 is 4.90 Å². The largest absolute Gasteiger partial charge is 0.425 e. The molecule has 0 heterocycles. The average Bonchev–Trinajstić information content (AvgIpc) is 2.34. The van der Waals surface area contributed by atoms with Gasteiger partial charge in [-0.1, -0.05) is 0 Å². The molecule has 0 spiro atoms. The van der Waals surface area contributed by atoms with Gasteiger partial charge in [0, 0.05) is 14.1 Å². The van der Waals surface area contributed by atoms with Crippen LogP contribution in [-0.2, 0) is 0 Å². The predicted molar refractivity (Wildman–Crippen MR) is 67.4 cm³/mol. The maximum atomic E-state index is 11.0. The summed E-state index contributed by atoms with van der Waals surface area (Å²) in [5, 5.41) is 43.7. The fourth-order valence-corrected chi connectivity index (χ4v) is 1.69. The van der Waals surface area contributed by atoms with E-state index in [-0.39, 0.29) is 0 Å². The van der Waals surface area contributed by atoms with E-state index in [0.717, 1.165) is 4.90 Å². The van der Waals surface area contributed by atoms with Crippen molar-refractivity contribution >= 4 is 28.4 Å². The maximum Gasteiger partial charge on any atom is 0.425 e. The van der Waals surface area contributed by atoms with E-state index in [0.29, 0.717) is 6.07 Å². The Hall–Kier alpha value is -3.38. The smallest absolute Gasteiger partial charge is 0.366 e. The molecule has 1 rings (SSSR count). The van der Waals surface area contributed by atoms with Gasteiger partial charge in [0.2, 0.25) is 5.69 Å². The van der Waals surface area contributed by atoms with Crippen LogP contribution in [0, 0.1) is 40.5 Å². The molecule has 0 aliphatic carbocycles. The van der Waals surface area contributed by atoms with E-state index >= 15 is 0 Å². The number of nitrogens with zero attached hydrogens (tertiary/aromatic N) is 5. The van der Waals surface area contributed by atoms with E-state index in [1.807, 2.05) is 0 Å². The minimum absolute atomic E-state index is 0.334. The molecule has 0 N–H and O–H groups in total. The zero-order chi connectivity index (χ0) is 16.5. The predicted octanol–water partition coefficient (Wildman–Crippen LogP) is 1.39. The Labute approximate surface area is 115 Å². The van der Waals surface area contributed by atoms with Crippen molar-refractivity contribution in [3.63, 3.8) is 0 Å². The Bertz CT molecular complexity index is 669. The molecule has 0 aliphatic heterocycles. The van der Waals surface area contributed by atoms with Crippen LogP contribution in [-0.4, -0.2) is 33.8 Å². The fourth-order valence-electron chi connectivity index (χ4n) is 1.69. The van der Waals surface area contributed by atoms with Crippen molar-refractivity contribution in [3.05, 3.63) is 46.5 Å². The molecule has 13 nitrogen and oxygen atoms in total. The molecule has 0 atom stereocenters. The normalized spacial score (nSPS) is 10.0. The van der Waals surface area contributed by atoms with E-state index in [9.17, 15) is 40.5 Å². The molecular weight excluding hydrogens is 294 g/mol. The number of rotatable bonds is 5. The van der Waals surface area contributed by atoms with E-state index in [1.54, 1.807) is 0 Å². The first kappa shape index (κ1) is 15.7. The van der Waals surface area contributed by atoms with Gasteiger partial charge in [0.25, 0.3) is 0 Å². The van der Waals surface area contributed by atoms with E-state index in [4.69, 9.17) is 0 Å². The summed E-state index contributed by atoms with van der Waals surface area (Å²) < 4.78 is 0. The molecule has 112 valence electrons. The first-order valence-electron chi connectivity index (χ1n) is 5.05. The van der Waals surface area contributed by atoms with Crippen molar-refractivity contribution in [2.45, 2.75) is 0 Å². The second-order valence-corrected chi connectivity index (χ2v) is 3.88. The van der Waals surface area contributed by atoms with E-state index in [2.05, 4.69) is 0 Å². The lowest BCUT2D eigenvalue weighted by molar-refractivity contribution is -0.442. The second kappa shape index (κ2) is 5.32. The maximum absolute atomic E-state index is 11.0. The fraction of sp³-hybridized carbons (Fsp3) is 0.250. The number of anilines is 1. The Kier molecular flexibility index (Phi) is 3.97. The number of benzene rings is 1. The number of nitro benzene ring substituents is 4. The molecule has 0 bridgehead atoms. The van der Waals surface area contributed by atoms with Gasteiger partial charge in [-0.2, -0.15) is 0 Å². The van der Waals surface area contributed by atoms with Crippen LogP contribution in [0.4, 0.5) is 28.4 Å². The number of nitro groups is 4. The molecule has 0 aromatic heterocycles. The van der Waals surface area contributed by atoms with Gasteiger partial charge in [-0.25, -0.2) is 0 Å². The summed E-state index contributed by atoms with van der Waals surface area (Å²) in [7, 11) is 2.37. The molecule has 21 heavy (non-hydrogen) atoms. The molecule has 0 aliphatic rings. The molecule has 1 aromatic rings. The zero-order valence-corrected chi connectivity index (χ0v) is 10.6. The summed E-state index contributed by atoms with van der Waals surface area (Å²) in [6, 6.07) is 0.334. The molecule has 0 amide bonds.